The molecule has 0 aromatic heterocycles. The second-order valence-electron chi connectivity index (χ2n) is 8.38. The summed E-state index contributed by atoms with van der Waals surface area (Å²) in [6.07, 6.45) is 6.49. The van der Waals surface area contributed by atoms with Crippen LogP contribution in [0.15, 0.2) is 12.1 Å². The standard InChI is InChI=1S/C20H27NO3/c1-21-12-20-11-19(8-4-3-5-14(19)18(20)21)16-13(20)6-7-15(22)17(16)24-10-9-23-2/h6-7,14,18,22H,3-5,8-12H2,1-2H3/t14-,18-,19+,20?/m0/s1. The van der Waals surface area contributed by atoms with Crippen molar-refractivity contribution in [3.63, 3.8) is 0 Å². The quantitative estimate of drug-likeness (QED) is 0.863. The van der Waals surface area contributed by atoms with E-state index in [4.69, 9.17) is 9.47 Å². The van der Waals surface area contributed by atoms with Crippen LogP contribution < -0.4 is 4.74 Å². The molecule has 4 heteroatoms. The van der Waals surface area contributed by atoms with Gasteiger partial charge >= 0.3 is 0 Å². The molecule has 1 aromatic rings. The molecular weight excluding hydrogens is 302 g/mol. The van der Waals surface area contributed by atoms with E-state index in [1.807, 2.05) is 6.07 Å². The highest BCUT2D eigenvalue weighted by Gasteiger charge is 2.74. The van der Waals surface area contributed by atoms with Crippen LogP contribution in [0.5, 0.6) is 11.5 Å². The lowest BCUT2D eigenvalue weighted by Crippen LogP contribution is -2.66. The van der Waals surface area contributed by atoms with E-state index >= 15 is 0 Å². The molecule has 0 radical (unpaired) electrons. The van der Waals surface area contributed by atoms with Gasteiger partial charge in [0.15, 0.2) is 11.5 Å². The van der Waals surface area contributed by atoms with Crippen molar-refractivity contribution in [3.05, 3.63) is 23.3 Å². The minimum atomic E-state index is 0.226. The minimum absolute atomic E-state index is 0.226. The number of benzene rings is 1. The van der Waals surface area contributed by atoms with E-state index in [9.17, 15) is 5.11 Å². The van der Waals surface area contributed by atoms with Crippen LogP contribution in [0.2, 0.25) is 0 Å². The number of likely N-dealkylation sites (tertiary alicyclic amines) is 1. The summed E-state index contributed by atoms with van der Waals surface area (Å²) in [4.78, 5) is 2.57. The molecule has 2 bridgehead atoms. The number of likely N-dealkylation sites (N-methyl/N-ethyl adjacent to an activating group) is 1. The molecule has 4 atom stereocenters. The number of phenolic OH excluding ortho intramolecular Hbond substituents is 1. The Labute approximate surface area is 143 Å². The van der Waals surface area contributed by atoms with Crippen molar-refractivity contribution in [2.75, 3.05) is 33.9 Å². The van der Waals surface area contributed by atoms with Gasteiger partial charge in [0.1, 0.15) is 6.61 Å². The van der Waals surface area contributed by atoms with Gasteiger partial charge in [0.25, 0.3) is 0 Å². The van der Waals surface area contributed by atoms with Gasteiger partial charge in [0.05, 0.1) is 6.61 Å². The zero-order valence-electron chi connectivity index (χ0n) is 14.7. The topological polar surface area (TPSA) is 41.9 Å². The van der Waals surface area contributed by atoms with Crippen LogP contribution in [0, 0.1) is 5.92 Å². The molecule has 4 aliphatic rings. The molecule has 1 unspecified atom stereocenters. The van der Waals surface area contributed by atoms with Gasteiger partial charge in [-0.3, -0.25) is 0 Å². The van der Waals surface area contributed by atoms with Crippen molar-refractivity contribution in [3.8, 4) is 11.5 Å². The molecule has 3 fully saturated rings. The molecule has 24 heavy (non-hydrogen) atoms. The molecule has 1 saturated heterocycles. The van der Waals surface area contributed by atoms with E-state index < -0.39 is 0 Å². The van der Waals surface area contributed by atoms with Crippen LogP contribution >= 0.6 is 0 Å². The summed E-state index contributed by atoms with van der Waals surface area (Å²) in [6, 6.07) is 4.73. The van der Waals surface area contributed by atoms with Gasteiger partial charge in [0, 0.05) is 36.1 Å². The number of ether oxygens (including phenoxy) is 2. The third-order valence-corrected chi connectivity index (χ3v) is 7.39. The zero-order chi connectivity index (χ0) is 16.5. The molecule has 3 aliphatic carbocycles. The fourth-order valence-corrected chi connectivity index (χ4v) is 6.90. The largest absolute Gasteiger partial charge is 0.504 e. The molecular formula is C20H27NO3. The van der Waals surface area contributed by atoms with Gasteiger partial charge in [-0.15, -0.1) is 0 Å². The molecule has 1 aromatic carbocycles. The summed E-state index contributed by atoms with van der Waals surface area (Å²) >= 11 is 0. The summed E-state index contributed by atoms with van der Waals surface area (Å²) in [5.74, 6) is 1.78. The van der Waals surface area contributed by atoms with Crippen LogP contribution in [-0.4, -0.2) is 50.0 Å². The Hall–Kier alpha value is -1.26. The van der Waals surface area contributed by atoms with E-state index in [1.54, 1.807) is 7.11 Å². The summed E-state index contributed by atoms with van der Waals surface area (Å²) in [7, 11) is 3.97. The summed E-state index contributed by atoms with van der Waals surface area (Å²) in [5.41, 5.74) is 3.36. The SMILES string of the molecule is COCCOc1c(O)ccc2c1[C@@]13CCCC[C@H]1[C@@H]1N(C)CC21C3. The van der Waals surface area contributed by atoms with E-state index in [0.29, 0.717) is 30.4 Å². The van der Waals surface area contributed by atoms with Crippen molar-refractivity contribution in [1.82, 2.24) is 4.90 Å². The van der Waals surface area contributed by atoms with Crippen LogP contribution in [0.1, 0.15) is 43.2 Å². The number of hydrogen-bond donors (Lipinski definition) is 1. The third kappa shape index (κ3) is 1.57. The van der Waals surface area contributed by atoms with E-state index in [0.717, 1.165) is 18.2 Å². The fourth-order valence-electron chi connectivity index (χ4n) is 6.90. The number of nitrogens with zero attached hydrogens (tertiary/aromatic N) is 1. The van der Waals surface area contributed by atoms with Gasteiger partial charge in [-0.05, 0) is 43.9 Å². The van der Waals surface area contributed by atoms with Crippen LogP contribution in [-0.2, 0) is 15.6 Å². The molecule has 1 N–H and O–H groups in total. The average Bonchev–Trinajstić information content (AvgIpc) is 2.98. The monoisotopic (exact) mass is 329 g/mol. The van der Waals surface area contributed by atoms with Crippen molar-refractivity contribution >= 4 is 0 Å². The number of hydrogen-bond acceptors (Lipinski definition) is 4. The Morgan fingerprint density at radius 1 is 1.25 bits per heavy atom. The predicted octanol–water partition coefficient (Wildman–Crippen LogP) is 2.81. The predicted molar refractivity (Wildman–Crippen MR) is 91.8 cm³/mol. The molecule has 5 rings (SSSR count). The first-order chi connectivity index (χ1) is 11.6. The highest BCUT2D eigenvalue weighted by Crippen LogP contribution is 2.73. The fraction of sp³-hybridized carbons (Fsp3) is 0.700. The first kappa shape index (κ1) is 15.0. The number of methoxy groups -OCH3 is 1. The number of rotatable bonds is 4. The van der Waals surface area contributed by atoms with Crippen molar-refractivity contribution < 1.29 is 14.6 Å². The molecule has 1 aliphatic heterocycles. The zero-order valence-corrected chi connectivity index (χ0v) is 14.7. The first-order valence-corrected chi connectivity index (χ1v) is 9.33. The highest BCUT2D eigenvalue weighted by molar-refractivity contribution is 5.65. The van der Waals surface area contributed by atoms with Crippen molar-refractivity contribution in [2.24, 2.45) is 5.92 Å². The van der Waals surface area contributed by atoms with Gasteiger partial charge in [-0.1, -0.05) is 18.9 Å². The molecule has 2 saturated carbocycles. The second-order valence-corrected chi connectivity index (χ2v) is 8.38. The minimum Gasteiger partial charge on any atom is -0.504 e. The lowest BCUT2D eigenvalue weighted by atomic mass is 9.58. The summed E-state index contributed by atoms with van der Waals surface area (Å²) in [6.45, 7) is 2.21. The van der Waals surface area contributed by atoms with Crippen LogP contribution in [0.25, 0.3) is 0 Å². The molecule has 1 heterocycles. The number of fused-ring (bicyclic) bond motifs is 2. The molecule has 130 valence electrons. The van der Waals surface area contributed by atoms with Gasteiger partial charge < -0.3 is 19.5 Å². The maximum absolute atomic E-state index is 10.5. The smallest absolute Gasteiger partial charge is 0.165 e. The Balaban J connectivity index is 1.66. The lowest BCUT2D eigenvalue weighted by molar-refractivity contribution is -0.00797. The maximum Gasteiger partial charge on any atom is 0.165 e. The Morgan fingerprint density at radius 3 is 2.92 bits per heavy atom. The molecule has 4 nitrogen and oxygen atoms in total. The Kier molecular flexibility index (Phi) is 3.06. The Morgan fingerprint density at radius 2 is 2.12 bits per heavy atom. The second kappa shape index (κ2) is 4.89. The highest BCUT2D eigenvalue weighted by atomic mass is 16.5. The third-order valence-electron chi connectivity index (χ3n) is 7.39. The average molecular weight is 329 g/mol. The number of phenols is 1. The van der Waals surface area contributed by atoms with E-state index in [1.165, 1.54) is 43.2 Å². The van der Waals surface area contributed by atoms with Crippen LogP contribution in [0.3, 0.4) is 0 Å². The molecule has 0 amide bonds. The Bertz CT molecular complexity index is 690. The van der Waals surface area contributed by atoms with E-state index in [-0.39, 0.29) is 5.41 Å². The van der Waals surface area contributed by atoms with Gasteiger partial charge in [-0.25, -0.2) is 0 Å². The number of aromatic hydroxyl groups is 1. The lowest BCUT2D eigenvalue weighted by Gasteiger charge is -2.58. The van der Waals surface area contributed by atoms with Gasteiger partial charge in [-0.2, -0.15) is 0 Å². The summed E-state index contributed by atoms with van der Waals surface area (Å²) < 4.78 is 11.2. The van der Waals surface area contributed by atoms with Crippen molar-refractivity contribution in [1.29, 1.82) is 0 Å². The van der Waals surface area contributed by atoms with E-state index in [2.05, 4.69) is 18.0 Å². The first-order valence-electron chi connectivity index (χ1n) is 9.33. The normalized spacial score (nSPS) is 39.1. The van der Waals surface area contributed by atoms with Gasteiger partial charge in [0.2, 0.25) is 0 Å². The summed E-state index contributed by atoms with van der Waals surface area (Å²) in [5, 5.41) is 10.5. The van der Waals surface area contributed by atoms with Crippen LogP contribution in [0.4, 0.5) is 0 Å². The molecule has 2 spiro atoms. The van der Waals surface area contributed by atoms with Crippen molar-refractivity contribution in [2.45, 2.75) is 49.0 Å². The maximum atomic E-state index is 10.5.